The van der Waals surface area contributed by atoms with E-state index in [2.05, 4.69) is 11.8 Å². The van der Waals surface area contributed by atoms with Gasteiger partial charge in [0.1, 0.15) is 12.4 Å². The zero-order valence-corrected chi connectivity index (χ0v) is 10.3. The van der Waals surface area contributed by atoms with E-state index in [0.29, 0.717) is 6.61 Å². The number of amides is 1. The van der Waals surface area contributed by atoms with Crippen molar-refractivity contribution in [1.82, 2.24) is 0 Å². The van der Waals surface area contributed by atoms with Crippen LogP contribution in [0.15, 0.2) is 54.6 Å². The van der Waals surface area contributed by atoms with Gasteiger partial charge in [0, 0.05) is 5.56 Å². The predicted molar refractivity (Wildman–Crippen MR) is 73.3 cm³/mol. The number of hydrogen-bond acceptors (Lipinski definition) is 2. The van der Waals surface area contributed by atoms with Gasteiger partial charge < -0.3 is 10.5 Å². The van der Waals surface area contributed by atoms with Gasteiger partial charge in [-0.25, -0.2) is 0 Å². The molecule has 3 nitrogen and oxygen atoms in total. The predicted octanol–water partition coefficient (Wildman–Crippen LogP) is 2.10. The molecule has 3 heteroatoms. The van der Waals surface area contributed by atoms with Crippen molar-refractivity contribution in [2.24, 2.45) is 5.73 Å². The Balaban J connectivity index is 1.96. The second-order valence-corrected chi connectivity index (χ2v) is 3.91. The fourth-order valence-electron chi connectivity index (χ4n) is 1.51. The molecule has 2 rings (SSSR count). The van der Waals surface area contributed by atoms with Gasteiger partial charge in [0.05, 0.1) is 0 Å². The van der Waals surface area contributed by atoms with Crippen LogP contribution in [-0.4, -0.2) is 5.91 Å². The molecule has 19 heavy (non-hydrogen) atoms. The molecule has 0 aliphatic heterocycles. The molecule has 0 saturated carbocycles. The van der Waals surface area contributed by atoms with E-state index in [9.17, 15) is 4.79 Å². The summed E-state index contributed by atoms with van der Waals surface area (Å²) in [5.41, 5.74) is 6.78. The molecule has 0 fully saturated rings. The summed E-state index contributed by atoms with van der Waals surface area (Å²) in [6.07, 6.45) is 0. The lowest BCUT2D eigenvalue weighted by Crippen LogP contribution is -2.06. The SMILES string of the molecule is NC(=O)C#Cc1ccc(OCc2ccccc2)cc1. The number of rotatable bonds is 3. The van der Waals surface area contributed by atoms with Crippen LogP contribution in [0.3, 0.4) is 0 Å². The van der Waals surface area contributed by atoms with E-state index in [1.54, 1.807) is 12.1 Å². The van der Waals surface area contributed by atoms with Gasteiger partial charge in [0.25, 0.3) is 5.91 Å². The van der Waals surface area contributed by atoms with Gasteiger partial charge in [-0.1, -0.05) is 36.3 Å². The number of carbonyl (C=O) groups is 1. The molecule has 2 aromatic rings. The highest BCUT2D eigenvalue weighted by molar-refractivity contribution is 5.92. The summed E-state index contributed by atoms with van der Waals surface area (Å²) in [5, 5.41) is 0. The maximum atomic E-state index is 10.5. The number of benzene rings is 2. The topological polar surface area (TPSA) is 52.3 Å². The van der Waals surface area contributed by atoms with Crippen LogP contribution in [0.5, 0.6) is 5.75 Å². The van der Waals surface area contributed by atoms with Crippen molar-refractivity contribution in [3.05, 3.63) is 65.7 Å². The first-order valence-electron chi connectivity index (χ1n) is 5.82. The number of primary amides is 1. The summed E-state index contributed by atoms with van der Waals surface area (Å²) < 4.78 is 5.63. The van der Waals surface area contributed by atoms with Crippen molar-refractivity contribution in [3.8, 4) is 17.6 Å². The molecule has 2 N–H and O–H groups in total. The van der Waals surface area contributed by atoms with Crippen molar-refractivity contribution in [2.75, 3.05) is 0 Å². The van der Waals surface area contributed by atoms with Crippen LogP contribution < -0.4 is 10.5 Å². The molecule has 2 aromatic carbocycles. The average Bonchev–Trinajstić information content (AvgIpc) is 2.45. The average molecular weight is 251 g/mol. The Labute approximate surface area is 112 Å². The lowest BCUT2D eigenvalue weighted by atomic mass is 10.2. The second-order valence-electron chi connectivity index (χ2n) is 3.91. The summed E-state index contributed by atoms with van der Waals surface area (Å²) in [7, 11) is 0. The number of ether oxygens (including phenoxy) is 1. The summed E-state index contributed by atoms with van der Waals surface area (Å²) in [4.78, 5) is 10.5. The van der Waals surface area contributed by atoms with E-state index in [0.717, 1.165) is 16.9 Å². The Morgan fingerprint density at radius 1 is 1.05 bits per heavy atom. The molecular weight excluding hydrogens is 238 g/mol. The molecule has 0 atom stereocenters. The van der Waals surface area contributed by atoms with Crippen LogP contribution in [0.25, 0.3) is 0 Å². The van der Waals surface area contributed by atoms with E-state index in [1.165, 1.54) is 0 Å². The molecule has 0 spiro atoms. The Bertz CT molecular complexity index is 607. The highest BCUT2D eigenvalue weighted by Gasteiger charge is 1.95. The minimum absolute atomic E-state index is 0.521. The minimum Gasteiger partial charge on any atom is -0.489 e. The first kappa shape index (κ1) is 12.7. The lowest BCUT2D eigenvalue weighted by molar-refractivity contribution is -0.112. The van der Waals surface area contributed by atoms with Gasteiger partial charge in [-0.2, -0.15) is 0 Å². The number of nitrogens with two attached hydrogens (primary N) is 1. The first-order valence-corrected chi connectivity index (χ1v) is 5.82. The molecule has 0 saturated heterocycles. The smallest absolute Gasteiger partial charge is 0.293 e. The molecule has 0 unspecified atom stereocenters. The molecule has 1 amide bonds. The third-order valence-corrected chi connectivity index (χ3v) is 2.43. The normalized spacial score (nSPS) is 9.26. The maximum absolute atomic E-state index is 10.5. The van der Waals surface area contributed by atoms with Crippen LogP contribution in [0.2, 0.25) is 0 Å². The van der Waals surface area contributed by atoms with Crippen molar-refractivity contribution in [1.29, 1.82) is 0 Å². The fraction of sp³-hybridized carbons (Fsp3) is 0.0625. The first-order chi connectivity index (χ1) is 9.24. The Morgan fingerprint density at radius 3 is 2.37 bits per heavy atom. The molecule has 0 aliphatic rings. The third kappa shape index (κ3) is 4.21. The number of hydrogen-bond donors (Lipinski definition) is 1. The van der Waals surface area contributed by atoms with Gasteiger partial charge in [-0.05, 0) is 35.7 Å². The van der Waals surface area contributed by atoms with Gasteiger partial charge in [-0.3, -0.25) is 4.79 Å². The fourth-order valence-corrected chi connectivity index (χ4v) is 1.51. The Kier molecular flexibility index (Phi) is 4.20. The summed E-state index contributed by atoms with van der Waals surface area (Å²) in [6, 6.07) is 17.1. The van der Waals surface area contributed by atoms with E-state index in [-0.39, 0.29) is 0 Å². The molecule has 0 heterocycles. The van der Waals surface area contributed by atoms with Crippen molar-refractivity contribution >= 4 is 5.91 Å². The summed E-state index contributed by atoms with van der Waals surface area (Å²) in [5.74, 6) is 5.08. The van der Waals surface area contributed by atoms with Crippen LogP contribution >= 0.6 is 0 Å². The van der Waals surface area contributed by atoms with Crippen LogP contribution in [0, 0.1) is 11.8 Å². The molecule has 0 radical (unpaired) electrons. The molecule has 0 aromatic heterocycles. The monoisotopic (exact) mass is 251 g/mol. The second kappa shape index (κ2) is 6.27. The molecule has 0 bridgehead atoms. The summed E-state index contributed by atoms with van der Waals surface area (Å²) in [6.45, 7) is 0.521. The van der Waals surface area contributed by atoms with E-state index in [1.807, 2.05) is 42.5 Å². The van der Waals surface area contributed by atoms with Gasteiger partial charge in [0.2, 0.25) is 0 Å². The Hall–Kier alpha value is -2.73. The standard InChI is InChI=1S/C16H13NO2/c17-16(18)11-8-13-6-9-15(10-7-13)19-12-14-4-2-1-3-5-14/h1-7,9-10H,12H2,(H2,17,18). The quantitative estimate of drug-likeness (QED) is 0.849. The van der Waals surface area contributed by atoms with Gasteiger partial charge in [0.15, 0.2) is 0 Å². The highest BCUT2D eigenvalue weighted by Crippen LogP contribution is 2.13. The number of carbonyl (C=O) groups excluding carboxylic acids is 1. The van der Waals surface area contributed by atoms with Crippen LogP contribution in [-0.2, 0) is 11.4 Å². The van der Waals surface area contributed by atoms with E-state index >= 15 is 0 Å². The maximum Gasteiger partial charge on any atom is 0.293 e. The molecular formula is C16H13NO2. The van der Waals surface area contributed by atoms with Crippen molar-refractivity contribution in [2.45, 2.75) is 6.61 Å². The zero-order chi connectivity index (χ0) is 13.5. The van der Waals surface area contributed by atoms with Gasteiger partial charge >= 0.3 is 0 Å². The molecule has 94 valence electrons. The Morgan fingerprint density at radius 2 is 1.74 bits per heavy atom. The van der Waals surface area contributed by atoms with E-state index < -0.39 is 5.91 Å². The van der Waals surface area contributed by atoms with Crippen molar-refractivity contribution in [3.63, 3.8) is 0 Å². The van der Waals surface area contributed by atoms with Crippen LogP contribution in [0.1, 0.15) is 11.1 Å². The zero-order valence-electron chi connectivity index (χ0n) is 10.3. The summed E-state index contributed by atoms with van der Waals surface area (Å²) >= 11 is 0. The highest BCUT2D eigenvalue weighted by atomic mass is 16.5. The van der Waals surface area contributed by atoms with Crippen LogP contribution in [0.4, 0.5) is 0 Å². The van der Waals surface area contributed by atoms with Crippen molar-refractivity contribution < 1.29 is 9.53 Å². The molecule has 0 aliphatic carbocycles. The lowest BCUT2D eigenvalue weighted by Gasteiger charge is -2.05. The van der Waals surface area contributed by atoms with E-state index in [4.69, 9.17) is 10.5 Å². The minimum atomic E-state index is -0.635. The largest absolute Gasteiger partial charge is 0.489 e. The van der Waals surface area contributed by atoms with Gasteiger partial charge in [-0.15, -0.1) is 0 Å². The third-order valence-electron chi connectivity index (χ3n) is 2.43.